The van der Waals surface area contributed by atoms with Crippen molar-refractivity contribution in [3.63, 3.8) is 0 Å². The van der Waals surface area contributed by atoms with Crippen molar-refractivity contribution in [2.24, 2.45) is 0 Å². The van der Waals surface area contributed by atoms with Gasteiger partial charge in [0.2, 0.25) is 0 Å². The van der Waals surface area contributed by atoms with Gasteiger partial charge in [0.15, 0.2) is 0 Å². The minimum Gasteiger partial charge on any atom is -0.445 e. The minimum absolute atomic E-state index is 0.0638. The molecule has 1 fully saturated rings. The largest absolute Gasteiger partial charge is 0.445 e. The number of likely N-dealkylation sites (tertiary alicyclic amines) is 1. The minimum atomic E-state index is -0.244. The fourth-order valence-corrected chi connectivity index (χ4v) is 3.78. The van der Waals surface area contributed by atoms with Crippen molar-refractivity contribution in [2.45, 2.75) is 49.6 Å². The first-order valence-corrected chi connectivity index (χ1v) is 9.61. The third-order valence-corrected chi connectivity index (χ3v) is 5.15. The van der Waals surface area contributed by atoms with E-state index in [2.05, 4.69) is 24.9 Å². The van der Waals surface area contributed by atoms with Crippen LogP contribution in [0.15, 0.2) is 53.7 Å². The molecule has 132 valence electrons. The van der Waals surface area contributed by atoms with Crippen LogP contribution in [0.3, 0.4) is 0 Å². The number of carbonyl (C=O) groups excluding carboxylic acids is 1. The first kappa shape index (κ1) is 17.8. The maximum Gasteiger partial charge on any atom is 0.410 e. The Balaban J connectivity index is 1.62. The Bertz CT molecular complexity index is 689. The van der Waals surface area contributed by atoms with Crippen molar-refractivity contribution in [1.82, 2.24) is 9.88 Å². The van der Waals surface area contributed by atoms with Crippen LogP contribution in [0.25, 0.3) is 0 Å². The molecule has 2 heterocycles. The number of ether oxygens (including phenoxy) is 1. The van der Waals surface area contributed by atoms with Gasteiger partial charge in [0.1, 0.15) is 6.61 Å². The van der Waals surface area contributed by atoms with Crippen LogP contribution in [0.4, 0.5) is 4.79 Å². The van der Waals surface area contributed by atoms with Crippen LogP contribution in [-0.2, 0) is 11.3 Å². The van der Waals surface area contributed by atoms with Crippen LogP contribution in [0.2, 0.25) is 0 Å². The summed E-state index contributed by atoms with van der Waals surface area (Å²) in [5.74, 6) is 0. The van der Waals surface area contributed by atoms with Crippen LogP contribution >= 0.6 is 11.8 Å². The van der Waals surface area contributed by atoms with Crippen molar-refractivity contribution in [3.05, 3.63) is 59.8 Å². The molecule has 0 saturated carbocycles. The highest BCUT2D eigenvalue weighted by Gasteiger charge is 2.31. The van der Waals surface area contributed by atoms with Gasteiger partial charge in [0.25, 0.3) is 0 Å². The Kier molecular flexibility index (Phi) is 5.97. The Labute approximate surface area is 153 Å². The molecule has 0 bridgehead atoms. The topological polar surface area (TPSA) is 42.4 Å². The first-order valence-electron chi connectivity index (χ1n) is 8.73. The van der Waals surface area contributed by atoms with Crippen LogP contribution in [0.5, 0.6) is 0 Å². The molecule has 1 aliphatic heterocycles. The van der Waals surface area contributed by atoms with E-state index < -0.39 is 0 Å². The number of rotatable bonds is 5. The highest BCUT2D eigenvalue weighted by molar-refractivity contribution is 7.99. The van der Waals surface area contributed by atoms with E-state index >= 15 is 0 Å². The summed E-state index contributed by atoms with van der Waals surface area (Å²) >= 11 is 1.75. The number of pyridine rings is 1. The maximum atomic E-state index is 12.5. The molecule has 4 nitrogen and oxygen atoms in total. The molecule has 1 aromatic heterocycles. The molecule has 2 aromatic rings. The van der Waals surface area contributed by atoms with Crippen LogP contribution in [-0.4, -0.2) is 27.8 Å². The predicted octanol–water partition coefficient (Wildman–Crippen LogP) is 5.06. The fraction of sp³-hybridized carbons (Fsp3) is 0.400. The third kappa shape index (κ3) is 4.75. The van der Waals surface area contributed by atoms with E-state index in [9.17, 15) is 4.79 Å². The molecule has 1 saturated heterocycles. The standard InChI is InChI=1S/C20H24N2O2S/c1-15(2)25-19-11-10-17(13-21-19)18-9-6-12-22(18)20(23)24-14-16-7-4-3-5-8-16/h3-5,7-8,10-11,13,15,18H,6,9,12,14H2,1-2H3/t18-/m1/s1. The molecular formula is C20H24N2O2S. The highest BCUT2D eigenvalue weighted by atomic mass is 32.2. The number of hydrogen-bond donors (Lipinski definition) is 0. The number of amides is 1. The second-order valence-electron chi connectivity index (χ2n) is 6.49. The van der Waals surface area contributed by atoms with Gasteiger partial charge in [-0.2, -0.15) is 0 Å². The molecule has 1 aliphatic rings. The third-order valence-electron chi connectivity index (χ3n) is 4.19. The van der Waals surface area contributed by atoms with E-state index in [0.29, 0.717) is 11.9 Å². The summed E-state index contributed by atoms with van der Waals surface area (Å²) in [4.78, 5) is 18.9. The lowest BCUT2D eigenvalue weighted by atomic mass is 10.1. The van der Waals surface area contributed by atoms with E-state index in [0.717, 1.165) is 35.5 Å². The molecule has 5 heteroatoms. The Hall–Kier alpha value is -2.01. The second-order valence-corrected chi connectivity index (χ2v) is 8.08. The van der Waals surface area contributed by atoms with E-state index in [4.69, 9.17) is 4.74 Å². The van der Waals surface area contributed by atoms with E-state index in [1.54, 1.807) is 11.8 Å². The van der Waals surface area contributed by atoms with Gasteiger partial charge in [0, 0.05) is 18.0 Å². The molecule has 0 radical (unpaired) electrons. The van der Waals surface area contributed by atoms with Gasteiger partial charge in [-0.3, -0.25) is 0 Å². The number of hydrogen-bond acceptors (Lipinski definition) is 4. The zero-order chi connectivity index (χ0) is 17.6. The molecule has 3 rings (SSSR count). The van der Waals surface area contributed by atoms with Gasteiger partial charge in [-0.1, -0.05) is 50.2 Å². The van der Waals surface area contributed by atoms with Gasteiger partial charge in [-0.15, -0.1) is 11.8 Å². The quantitative estimate of drug-likeness (QED) is 0.703. The average Bonchev–Trinajstić information content (AvgIpc) is 3.10. The normalized spacial score (nSPS) is 17.1. The zero-order valence-electron chi connectivity index (χ0n) is 14.7. The van der Waals surface area contributed by atoms with Gasteiger partial charge in [-0.25, -0.2) is 9.78 Å². The van der Waals surface area contributed by atoms with Crippen molar-refractivity contribution >= 4 is 17.9 Å². The molecule has 0 spiro atoms. The van der Waals surface area contributed by atoms with Gasteiger partial charge in [0.05, 0.1) is 11.1 Å². The van der Waals surface area contributed by atoms with Crippen molar-refractivity contribution in [2.75, 3.05) is 6.54 Å². The van der Waals surface area contributed by atoms with Gasteiger partial charge >= 0.3 is 6.09 Å². The summed E-state index contributed by atoms with van der Waals surface area (Å²) in [6.07, 6.45) is 3.61. The molecule has 0 aliphatic carbocycles. The SMILES string of the molecule is CC(C)Sc1ccc([C@H]2CCCN2C(=O)OCc2ccccc2)cn1. The highest BCUT2D eigenvalue weighted by Crippen LogP contribution is 2.33. The lowest BCUT2D eigenvalue weighted by Gasteiger charge is -2.24. The molecule has 1 amide bonds. The molecule has 0 N–H and O–H groups in total. The van der Waals surface area contributed by atoms with Crippen LogP contribution < -0.4 is 0 Å². The summed E-state index contributed by atoms with van der Waals surface area (Å²) in [6, 6.07) is 14.0. The Morgan fingerprint density at radius 2 is 2.08 bits per heavy atom. The zero-order valence-corrected chi connectivity index (χ0v) is 15.5. The van der Waals surface area contributed by atoms with Gasteiger partial charge < -0.3 is 9.64 Å². The van der Waals surface area contributed by atoms with E-state index in [-0.39, 0.29) is 12.1 Å². The fourth-order valence-electron chi connectivity index (χ4n) is 3.03. The van der Waals surface area contributed by atoms with Crippen molar-refractivity contribution in [1.29, 1.82) is 0 Å². The number of nitrogens with zero attached hydrogens (tertiary/aromatic N) is 2. The van der Waals surface area contributed by atoms with Gasteiger partial charge in [-0.05, 0) is 30.0 Å². The lowest BCUT2D eigenvalue weighted by Crippen LogP contribution is -2.31. The number of thioether (sulfide) groups is 1. The van der Waals surface area contributed by atoms with Crippen LogP contribution in [0.1, 0.15) is 43.9 Å². The van der Waals surface area contributed by atoms with E-state index in [1.165, 1.54) is 0 Å². The van der Waals surface area contributed by atoms with Crippen LogP contribution in [0, 0.1) is 0 Å². The predicted molar refractivity (Wildman–Crippen MR) is 101 cm³/mol. The Morgan fingerprint density at radius 3 is 2.76 bits per heavy atom. The average molecular weight is 356 g/mol. The molecule has 25 heavy (non-hydrogen) atoms. The number of carbonyl (C=O) groups is 1. The second kappa shape index (κ2) is 8.39. The smallest absolute Gasteiger partial charge is 0.410 e. The molecule has 1 atom stereocenters. The lowest BCUT2D eigenvalue weighted by molar-refractivity contribution is 0.0920. The van der Waals surface area contributed by atoms with Crippen molar-refractivity contribution in [3.8, 4) is 0 Å². The number of benzene rings is 1. The summed E-state index contributed by atoms with van der Waals surface area (Å²) in [6.45, 7) is 5.36. The molecule has 1 aromatic carbocycles. The summed E-state index contributed by atoms with van der Waals surface area (Å²) in [5, 5.41) is 1.53. The molecular weight excluding hydrogens is 332 g/mol. The van der Waals surface area contributed by atoms with Crippen molar-refractivity contribution < 1.29 is 9.53 Å². The van der Waals surface area contributed by atoms with E-state index in [1.807, 2.05) is 47.5 Å². The maximum absolute atomic E-state index is 12.5. The first-order chi connectivity index (χ1) is 12.1. The summed E-state index contributed by atoms with van der Waals surface area (Å²) < 4.78 is 5.50. The summed E-state index contributed by atoms with van der Waals surface area (Å²) in [7, 11) is 0. The number of aromatic nitrogens is 1. The molecule has 0 unspecified atom stereocenters. The summed E-state index contributed by atoms with van der Waals surface area (Å²) in [5.41, 5.74) is 2.09. The monoisotopic (exact) mass is 356 g/mol. The Morgan fingerprint density at radius 1 is 1.28 bits per heavy atom.